The highest BCUT2D eigenvalue weighted by Crippen LogP contribution is 2.39. The van der Waals surface area contributed by atoms with Gasteiger partial charge in [-0.1, -0.05) is 48.9 Å². The average Bonchev–Trinajstić information content (AvgIpc) is 2.75. The zero-order chi connectivity index (χ0) is 16.4. The van der Waals surface area contributed by atoms with Gasteiger partial charge >= 0.3 is 0 Å². The molecule has 1 fully saturated rings. The number of nitrogens with zero attached hydrogens (tertiary/aromatic N) is 2. The summed E-state index contributed by atoms with van der Waals surface area (Å²) >= 11 is 0. The standard InChI is InChI=1S/C22H28N2/c1-23-17-18-9-3-4-10-19(18)20(21-11-5-6-12-22(21)23)13-16-24-14-7-2-8-15-24/h3-6,9-12,20H,2,7-8,13-17H2,1H3. The lowest BCUT2D eigenvalue weighted by molar-refractivity contribution is 0.223. The van der Waals surface area contributed by atoms with Gasteiger partial charge in [0.05, 0.1) is 0 Å². The first-order chi connectivity index (χ1) is 11.8. The Balaban J connectivity index is 1.66. The molecular formula is C22H28N2. The first kappa shape index (κ1) is 15.7. The normalized spacial score (nSPS) is 21.0. The van der Waals surface area contributed by atoms with E-state index in [1.165, 1.54) is 67.7 Å². The third kappa shape index (κ3) is 3.08. The van der Waals surface area contributed by atoms with E-state index in [0.29, 0.717) is 5.92 Å². The first-order valence-electron chi connectivity index (χ1n) is 9.43. The maximum atomic E-state index is 2.67. The summed E-state index contributed by atoms with van der Waals surface area (Å²) in [6, 6.07) is 18.1. The van der Waals surface area contributed by atoms with E-state index in [1.54, 1.807) is 0 Å². The second kappa shape index (κ2) is 6.98. The molecule has 2 nitrogen and oxygen atoms in total. The van der Waals surface area contributed by atoms with Crippen molar-refractivity contribution in [2.45, 2.75) is 38.1 Å². The summed E-state index contributed by atoms with van der Waals surface area (Å²) in [6.07, 6.45) is 5.39. The number of hydrogen-bond donors (Lipinski definition) is 0. The van der Waals surface area contributed by atoms with Crippen molar-refractivity contribution >= 4 is 5.69 Å². The van der Waals surface area contributed by atoms with Crippen LogP contribution in [0.3, 0.4) is 0 Å². The Morgan fingerprint density at radius 1 is 0.875 bits per heavy atom. The Labute approximate surface area is 146 Å². The third-order valence-corrected chi connectivity index (χ3v) is 5.74. The van der Waals surface area contributed by atoms with Crippen LogP contribution in [0.15, 0.2) is 48.5 Å². The number of benzene rings is 2. The molecule has 0 N–H and O–H groups in total. The van der Waals surface area contributed by atoms with E-state index in [2.05, 4.69) is 65.4 Å². The molecule has 1 unspecified atom stereocenters. The van der Waals surface area contributed by atoms with Crippen LogP contribution in [0.2, 0.25) is 0 Å². The summed E-state index contributed by atoms with van der Waals surface area (Å²) in [4.78, 5) is 5.08. The SMILES string of the molecule is CN1Cc2ccccc2C(CCN2CCCCC2)c2ccccc21. The molecule has 24 heavy (non-hydrogen) atoms. The predicted molar refractivity (Wildman–Crippen MR) is 102 cm³/mol. The fourth-order valence-corrected chi connectivity index (χ4v) is 4.46. The maximum Gasteiger partial charge on any atom is 0.0429 e. The van der Waals surface area contributed by atoms with Crippen molar-refractivity contribution < 1.29 is 0 Å². The molecule has 0 saturated carbocycles. The van der Waals surface area contributed by atoms with Crippen LogP contribution < -0.4 is 4.90 Å². The molecule has 0 aromatic heterocycles. The van der Waals surface area contributed by atoms with Crippen LogP contribution >= 0.6 is 0 Å². The van der Waals surface area contributed by atoms with Crippen molar-refractivity contribution in [1.82, 2.24) is 4.90 Å². The Morgan fingerprint density at radius 3 is 2.42 bits per heavy atom. The Kier molecular flexibility index (Phi) is 4.57. The largest absolute Gasteiger partial charge is 0.370 e. The number of fused-ring (bicyclic) bond motifs is 2. The zero-order valence-electron chi connectivity index (χ0n) is 14.7. The Bertz CT molecular complexity index is 688. The molecule has 2 heterocycles. The van der Waals surface area contributed by atoms with Gasteiger partial charge in [-0.3, -0.25) is 0 Å². The minimum Gasteiger partial charge on any atom is -0.370 e. The fourth-order valence-electron chi connectivity index (χ4n) is 4.46. The van der Waals surface area contributed by atoms with Gasteiger partial charge in [0.1, 0.15) is 0 Å². The van der Waals surface area contributed by atoms with Crippen molar-refractivity contribution in [3.63, 3.8) is 0 Å². The fraction of sp³-hybridized carbons (Fsp3) is 0.455. The van der Waals surface area contributed by atoms with E-state index in [1.807, 2.05) is 0 Å². The Hall–Kier alpha value is -1.80. The summed E-state index contributed by atoms with van der Waals surface area (Å²) in [7, 11) is 2.22. The van der Waals surface area contributed by atoms with Gasteiger partial charge in [0.2, 0.25) is 0 Å². The van der Waals surface area contributed by atoms with Gasteiger partial charge < -0.3 is 9.80 Å². The van der Waals surface area contributed by atoms with Gasteiger partial charge in [-0.15, -0.1) is 0 Å². The smallest absolute Gasteiger partial charge is 0.0429 e. The number of piperidine rings is 1. The highest BCUT2D eigenvalue weighted by molar-refractivity contribution is 5.60. The highest BCUT2D eigenvalue weighted by atomic mass is 15.1. The van der Waals surface area contributed by atoms with E-state index in [0.717, 1.165) is 6.54 Å². The molecule has 126 valence electrons. The van der Waals surface area contributed by atoms with Crippen molar-refractivity contribution in [3.05, 3.63) is 65.2 Å². The van der Waals surface area contributed by atoms with Crippen LogP contribution in [0, 0.1) is 0 Å². The van der Waals surface area contributed by atoms with Crippen LogP contribution in [-0.2, 0) is 6.54 Å². The monoisotopic (exact) mass is 320 g/mol. The van der Waals surface area contributed by atoms with Gasteiger partial charge in [-0.25, -0.2) is 0 Å². The molecule has 0 radical (unpaired) electrons. The second-order valence-electron chi connectivity index (χ2n) is 7.36. The van der Waals surface area contributed by atoms with Crippen LogP contribution in [0.5, 0.6) is 0 Å². The summed E-state index contributed by atoms with van der Waals surface area (Å²) < 4.78 is 0. The molecule has 2 aromatic carbocycles. The summed E-state index contributed by atoms with van der Waals surface area (Å²) in [5.41, 5.74) is 5.92. The third-order valence-electron chi connectivity index (χ3n) is 5.74. The van der Waals surface area contributed by atoms with Crippen LogP contribution in [-0.4, -0.2) is 31.6 Å². The second-order valence-corrected chi connectivity index (χ2v) is 7.36. The molecule has 0 bridgehead atoms. The van der Waals surface area contributed by atoms with Crippen molar-refractivity contribution in [1.29, 1.82) is 0 Å². The van der Waals surface area contributed by atoms with E-state index < -0.39 is 0 Å². The number of rotatable bonds is 3. The van der Waals surface area contributed by atoms with Crippen molar-refractivity contribution in [2.75, 3.05) is 31.6 Å². The molecular weight excluding hydrogens is 292 g/mol. The molecule has 2 aliphatic heterocycles. The topological polar surface area (TPSA) is 6.48 Å². The van der Waals surface area contributed by atoms with Gasteiger partial charge in [0, 0.05) is 25.2 Å². The molecule has 1 atom stereocenters. The number of hydrogen-bond acceptors (Lipinski definition) is 2. The van der Waals surface area contributed by atoms with Crippen LogP contribution in [0.1, 0.15) is 48.3 Å². The summed E-state index contributed by atoms with van der Waals surface area (Å²) in [5.74, 6) is 0.518. The van der Waals surface area contributed by atoms with Crippen LogP contribution in [0.4, 0.5) is 5.69 Å². The minimum atomic E-state index is 0.518. The van der Waals surface area contributed by atoms with E-state index in [4.69, 9.17) is 0 Å². The first-order valence-corrected chi connectivity index (χ1v) is 9.43. The van der Waals surface area contributed by atoms with Gasteiger partial charge in [-0.05, 0) is 61.7 Å². The minimum absolute atomic E-state index is 0.518. The summed E-state index contributed by atoms with van der Waals surface area (Å²) in [6.45, 7) is 4.80. The summed E-state index contributed by atoms with van der Waals surface area (Å²) in [5, 5.41) is 0. The molecule has 0 amide bonds. The molecule has 2 heteroatoms. The van der Waals surface area contributed by atoms with E-state index in [-0.39, 0.29) is 0 Å². The molecule has 0 aliphatic carbocycles. The molecule has 2 aromatic rings. The van der Waals surface area contributed by atoms with Crippen LogP contribution in [0.25, 0.3) is 0 Å². The van der Waals surface area contributed by atoms with Gasteiger partial charge in [-0.2, -0.15) is 0 Å². The average molecular weight is 320 g/mol. The number of para-hydroxylation sites is 1. The lowest BCUT2D eigenvalue weighted by Crippen LogP contribution is -2.31. The quantitative estimate of drug-likeness (QED) is 0.812. The highest BCUT2D eigenvalue weighted by Gasteiger charge is 2.26. The van der Waals surface area contributed by atoms with Gasteiger partial charge in [0.25, 0.3) is 0 Å². The molecule has 1 saturated heterocycles. The molecule has 0 spiro atoms. The molecule has 4 rings (SSSR count). The van der Waals surface area contributed by atoms with E-state index >= 15 is 0 Å². The number of anilines is 1. The number of likely N-dealkylation sites (tertiary alicyclic amines) is 1. The Morgan fingerprint density at radius 2 is 1.58 bits per heavy atom. The van der Waals surface area contributed by atoms with Gasteiger partial charge in [0.15, 0.2) is 0 Å². The lowest BCUT2D eigenvalue weighted by Gasteiger charge is -2.29. The van der Waals surface area contributed by atoms with Crippen molar-refractivity contribution in [2.24, 2.45) is 0 Å². The van der Waals surface area contributed by atoms with E-state index in [9.17, 15) is 0 Å². The van der Waals surface area contributed by atoms with Crippen molar-refractivity contribution in [3.8, 4) is 0 Å². The lowest BCUT2D eigenvalue weighted by atomic mass is 9.85. The molecule has 2 aliphatic rings. The maximum absolute atomic E-state index is 2.67. The zero-order valence-corrected chi connectivity index (χ0v) is 14.7. The predicted octanol–water partition coefficient (Wildman–Crippen LogP) is 4.64.